The van der Waals surface area contributed by atoms with Gasteiger partial charge in [-0.1, -0.05) is 73.7 Å². The molecule has 9 heteroatoms. The zero-order valence-electron chi connectivity index (χ0n) is 27.6. The third-order valence-electron chi connectivity index (χ3n) is 10.1. The fraction of sp³-hybridized carbons (Fsp3) is 0.459. The molecule has 2 aliphatic rings. The van der Waals surface area contributed by atoms with Crippen LogP contribution in [0.2, 0.25) is 18.6 Å². The summed E-state index contributed by atoms with van der Waals surface area (Å²) in [4.78, 5) is 28.0. The Morgan fingerprint density at radius 3 is 2.43 bits per heavy atom. The van der Waals surface area contributed by atoms with Gasteiger partial charge in [-0.2, -0.15) is 0 Å². The number of nitrogens with one attached hydrogen (secondary N) is 1. The lowest BCUT2D eigenvalue weighted by molar-refractivity contribution is -0.138. The van der Waals surface area contributed by atoms with E-state index in [4.69, 9.17) is 9.47 Å². The maximum Gasteiger partial charge on any atom is 0.252 e. The number of hydrogen-bond acceptors (Lipinski definition) is 6. The molecule has 0 aromatic heterocycles. The summed E-state index contributed by atoms with van der Waals surface area (Å²) >= 11 is 0. The van der Waals surface area contributed by atoms with Crippen LogP contribution in [0.1, 0.15) is 43.4 Å². The first-order valence-electron chi connectivity index (χ1n) is 16.4. The van der Waals surface area contributed by atoms with Crippen LogP contribution >= 0.6 is 0 Å². The van der Waals surface area contributed by atoms with E-state index in [2.05, 4.69) is 49.6 Å². The fourth-order valence-electron chi connectivity index (χ4n) is 7.54. The van der Waals surface area contributed by atoms with Gasteiger partial charge in [-0.05, 0) is 78.6 Å². The number of ether oxygens (including phenoxy) is 2. The number of aryl methyl sites for hydroxylation is 1. The first-order chi connectivity index (χ1) is 22.0. The van der Waals surface area contributed by atoms with E-state index in [0.29, 0.717) is 18.7 Å². The summed E-state index contributed by atoms with van der Waals surface area (Å²) in [6.07, 6.45) is 1.08. The highest BCUT2D eigenvalue weighted by Gasteiger charge is 2.51. The van der Waals surface area contributed by atoms with E-state index >= 15 is 0 Å². The van der Waals surface area contributed by atoms with Crippen molar-refractivity contribution in [1.82, 2.24) is 4.90 Å². The smallest absolute Gasteiger partial charge is 0.252 e. The number of aliphatic hydroxyl groups excluding tert-OH is 2. The lowest BCUT2D eigenvalue weighted by Crippen LogP contribution is -2.52. The van der Waals surface area contributed by atoms with Crippen LogP contribution in [0.15, 0.2) is 72.8 Å². The van der Waals surface area contributed by atoms with Crippen molar-refractivity contribution in [2.45, 2.75) is 89.1 Å². The highest BCUT2D eigenvalue weighted by molar-refractivity contribution is 6.91. The summed E-state index contributed by atoms with van der Waals surface area (Å²) in [5.41, 5.74) is 4.24. The maximum absolute atomic E-state index is 14.1. The molecule has 1 saturated heterocycles. The molecule has 8 nitrogen and oxygen atoms in total. The van der Waals surface area contributed by atoms with Crippen molar-refractivity contribution in [2.24, 2.45) is 5.92 Å². The molecule has 6 atom stereocenters. The molecular formula is C37H48N2O6Si. The number of rotatable bonds is 11. The Bertz CT molecular complexity index is 1510. The van der Waals surface area contributed by atoms with Gasteiger partial charge in [0.25, 0.3) is 5.91 Å². The Kier molecular flexibility index (Phi) is 10.7. The van der Waals surface area contributed by atoms with Gasteiger partial charge in [-0.15, -0.1) is 0 Å². The third-order valence-corrected chi connectivity index (χ3v) is 14.5. The van der Waals surface area contributed by atoms with Gasteiger partial charge in [0.15, 0.2) is 0 Å². The number of carbonyl (C=O) groups is 2. The van der Waals surface area contributed by atoms with Crippen LogP contribution in [0.25, 0.3) is 0 Å². The minimum Gasteiger partial charge on any atom is -0.497 e. The number of carbonyl (C=O) groups excluding carboxylic acids is 2. The largest absolute Gasteiger partial charge is 0.497 e. The van der Waals surface area contributed by atoms with Gasteiger partial charge < -0.3 is 29.9 Å². The maximum atomic E-state index is 14.1. The summed E-state index contributed by atoms with van der Waals surface area (Å²) < 4.78 is 12.3. The van der Waals surface area contributed by atoms with Crippen LogP contribution < -0.4 is 15.2 Å². The molecule has 0 spiro atoms. The first kappa shape index (κ1) is 33.8. The van der Waals surface area contributed by atoms with Gasteiger partial charge in [0.1, 0.15) is 11.9 Å². The average Bonchev–Trinajstić information content (AvgIpc) is 3.37. The molecule has 246 valence electrons. The van der Waals surface area contributed by atoms with Crippen LogP contribution in [0.5, 0.6) is 5.75 Å². The fourth-order valence-corrected chi connectivity index (χ4v) is 11.6. The van der Waals surface area contributed by atoms with Crippen molar-refractivity contribution >= 4 is 30.8 Å². The molecule has 3 aromatic carbocycles. The van der Waals surface area contributed by atoms with Gasteiger partial charge in [0.2, 0.25) is 5.91 Å². The Labute approximate surface area is 273 Å². The number of benzene rings is 3. The summed E-state index contributed by atoms with van der Waals surface area (Å²) in [7, 11) is -0.495. The highest BCUT2D eigenvalue weighted by Crippen LogP contribution is 2.47. The Hall–Kier alpha value is -3.50. The first-order valence-corrected chi connectivity index (χ1v) is 19.4. The lowest BCUT2D eigenvalue weighted by atomic mass is 9.93. The molecule has 0 saturated carbocycles. The zero-order valence-corrected chi connectivity index (χ0v) is 28.6. The van der Waals surface area contributed by atoms with Crippen LogP contribution in [0.3, 0.4) is 0 Å². The molecule has 0 radical (unpaired) electrons. The molecule has 46 heavy (non-hydrogen) atoms. The predicted octanol–water partition coefficient (Wildman–Crippen LogP) is 4.67. The second-order valence-corrected chi connectivity index (χ2v) is 18.2. The number of fused-ring (bicyclic) bond motifs is 1. The van der Waals surface area contributed by atoms with E-state index in [9.17, 15) is 19.8 Å². The third kappa shape index (κ3) is 7.38. The van der Waals surface area contributed by atoms with E-state index in [1.165, 1.54) is 17.7 Å². The van der Waals surface area contributed by atoms with E-state index in [-0.39, 0.29) is 48.6 Å². The molecular weight excluding hydrogens is 597 g/mol. The Balaban J connectivity index is 1.37. The van der Waals surface area contributed by atoms with E-state index in [1.807, 2.05) is 53.4 Å². The molecule has 2 amide bonds. The summed E-state index contributed by atoms with van der Waals surface area (Å²) in [6, 6.07) is 24.0. The van der Waals surface area contributed by atoms with E-state index in [1.54, 1.807) is 7.11 Å². The number of anilines is 1. The topological polar surface area (TPSA) is 108 Å². The zero-order chi connectivity index (χ0) is 33.0. The van der Waals surface area contributed by atoms with Crippen molar-refractivity contribution in [3.8, 4) is 5.75 Å². The standard InChI is InChI=1S/C37H48N2O6Si/c1-24-33(18-13-26-9-8-12-29(19-26)38-37(43)25(2)41)45-34(36(24)46(4,5)32-16-14-31(44-3)15-17-32)21-35(42)39-22-28-11-7-6-10-27(28)20-30(39)23-40/h6-12,14-17,19,24-25,30,33-34,36,40-41H,13,18,20-23H2,1-5H3,(H,38,43)/t24-,25+,30+,33+,34-,36+/m1/s1. The van der Waals surface area contributed by atoms with Gasteiger partial charge >= 0.3 is 0 Å². The van der Waals surface area contributed by atoms with Gasteiger partial charge in [-0.3, -0.25) is 9.59 Å². The number of aliphatic hydroxyl groups is 2. The van der Waals surface area contributed by atoms with Crippen molar-refractivity contribution in [1.29, 1.82) is 0 Å². The monoisotopic (exact) mass is 644 g/mol. The average molecular weight is 645 g/mol. The molecule has 2 aliphatic heterocycles. The molecule has 3 aromatic rings. The van der Waals surface area contributed by atoms with Crippen LogP contribution in [-0.2, 0) is 33.7 Å². The van der Waals surface area contributed by atoms with Crippen molar-refractivity contribution in [3.63, 3.8) is 0 Å². The Morgan fingerprint density at radius 2 is 1.76 bits per heavy atom. The summed E-state index contributed by atoms with van der Waals surface area (Å²) in [5.74, 6) is 0.626. The molecule has 1 fully saturated rings. The predicted molar refractivity (Wildman–Crippen MR) is 183 cm³/mol. The number of nitrogens with zero attached hydrogens (tertiary/aromatic N) is 1. The van der Waals surface area contributed by atoms with E-state index < -0.39 is 20.1 Å². The number of amides is 2. The highest BCUT2D eigenvalue weighted by atomic mass is 28.3. The minimum atomic E-state index is -2.17. The lowest BCUT2D eigenvalue weighted by Gasteiger charge is -2.39. The normalized spacial score (nSPS) is 23.5. The second-order valence-electron chi connectivity index (χ2n) is 13.5. The quantitative estimate of drug-likeness (QED) is 0.262. The van der Waals surface area contributed by atoms with Crippen molar-refractivity contribution in [2.75, 3.05) is 19.0 Å². The van der Waals surface area contributed by atoms with Gasteiger partial charge in [0, 0.05) is 12.2 Å². The van der Waals surface area contributed by atoms with Gasteiger partial charge in [-0.25, -0.2) is 0 Å². The second kappa shape index (κ2) is 14.5. The SMILES string of the molecule is COc1ccc([Si](C)(C)[C@H]2[C@H](C)[C@H](CCc3cccc(NC(=O)[C@H](C)O)c3)O[C@@H]2CC(=O)N2Cc3ccccc3C[C@H]2CO)cc1. The minimum absolute atomic E-state index is 0.0255. The molecule has 0 bridgehead atoms. The van der Waals surface area contributed by atoms with Crippen molar-refractivity contribution < 1.29 is 29.3 Å². The molecule has 2 heterocycles. The molecule has 0 unspecified atom stereocenters. The van der Waals surface area contributed by atoms with Crippen LogP contribution in [-0.4, -0.2) is 73.1 Å². The Morgan fingerprint density at radius 1 is 1.04 bits per heavy atom. The molecule has 5 rings (SSSR count). The van der Waals surface area contributed by atoms with Gasteiger partial charge in [0.05, 0.1) is 46.5 Å². The molecule has 0 aliphatic carbocycles. The van der Waals surface area contributed by atoms with Crippen LogP contribution in [0, 0.1) is 5.92 Å². The number of methoxy groups -OCH3 is 1. The molecule has 3 N–H and O–H groups in total. The van der Waals surface area contributed by atoms with Crippen molar-refractivity contribution in [3.05, 3.63) is 89.5 Å². The van der Waals surface area contributed by atoms with E-state index in [0.717, 1.165) is 29.7 Å². The summed E-state index contributed by atoms with van der Waals surface area (Å²) in [6.45, 7) is 8.89. The van der Waals surface area contributed by atoms with Crippen LogP contribution in [0.4, 0.5) is 5.69 Å². The number of hydrogen-bond donors (Lipinski definition) is 3. The summed E-state index contributed by atoms with van der Waals surface area (Å²) in [5, 5.41) is 23.9.